The van der Waals surface area contributed by atoms with Gasteiger partial charge in [-0.15, -0.1) is 0 Å². The Kier molecular flexibility index (Phi) is 6.33. The van der Waals surface area contributed by atoms with Gasteiger partial charge in [0.1, 0.15) is 0 Å². The standard InChI is InChI=1S/C24H24F3N7O/c1-13(2)29-23-28-12-18-20(33-34(4)21(18)32-23)31-19-11-17(9-8-14(19)3)30-22(35)15-6-5-7-16(10-15)24(25,26)27/h5-13H,1-4H3,(H,30,35)(H,31,33)(H,28,29,32). The highest BCUT2D eigenvalue weighted by Crippen LogP contribution is 2.31. The number of aromatic nitrogens is 4. The lowest BCUT2D eigenvalue weighted by molar-refractivity contribution is -0.137. The average molecular weight is 483 g/mol. The number of carbonyl (C=O) groups is 1. The molecule has 11 heteroatoms. The number of hydrogen-bond acceptors (Lipinski definition) is 6. The van der Waals surface area contributed by atoms with Gasteiger partial charge in [-0.05, 0) is 56.7 Å². The number of nitrogens with one attached hydrogen (secondary N) is 3. The van der Waals surface area contributed by atoms with Gasteiger partial charge in [0.15, 0.2) is 11.5 Å². The maximum Gasteiger partial charge on any atom is 0.416 e. The summed E-state index contributed by atoms with van der Waals surface area (Å²) in [6.07, 6.45) is -2.85. The van der Waals surface area contributed by atoms with Crippen molar-refractivity contribution in [3.8, 4) is 0 Å². The van der Waals surface area contributed by atoms with Gasteiger partial charge in [-0.2, -0.15) is 23.3 Å². The van der Waals surface area contributed by atoms with Gasteiger partial charge in [-0.25, -0.2) is 9.67 Å². The maximum atomic E-state index is 13.0. The molecule has 0 fully saturated rings. The Morgan fingerprint density at radius 3 is 2.60 bits per heavy atom. The van der Waals surface area contributed by atoms with E-state index in [1.807, 2.05) is 20.8 Å². The summed E-state index contributed by atoms with van der Waals surface area (Å²) >= 11 is 0. The van der Waals surface area contributed by atoms with Gasteiger partial charge in [0.2, 0.25) is 5.95 Å². The van der Waals surface area contributed by atoms with E-state index in [0.29, 0.717) is 34.2 Å². The van der Waals surface area contributed by atoms with Crippen LogP contribution in [0, 0.1) is 6.92 Å². The number of nitrogens with zero attached hydrogens (tertiary/aromatic N) is 4. The van der Waals surface area contributed by atoms with Gasteiger partial charge in [-0.1, -0.05) is 12.1 Å². The second-order valence-corrected chi connectivity index (χ2v) is 8.39. The lowest BCUT2D eigenvalue weighted by atomic mass is 10.1. The van der Waals surface area contributed by atoms with Crippen LogP contribution in [0.4, 0.5) is 36.3 Å². The van der Waals surface area contributed by atoms with E-state index in [2.05, 4.69) is 31.0 Å². The fourth-order valence-corrected chi connectivity index (χ4v) is 3.46. The average Bonchev–Trinajstić information content (AvgIpc) is 3.09. The molecule has 2 aromatic carbocycles. The summed E-state index contributed by atoms with van der Waals surface area (Å²) in [5, 5.41) is 14.3. The highest BCUT2D eigenvalue weighted by molar-refractivity contribution is 6.04. The third-order valence-electron chi connectivity index (χ3n) is 5.20. The Labute approximate surface area is 199 Å². The van der Waals surface area contributed by atoms with Gasteiger partial charge in [0, 0.05) is 36.2 Å². The van der Waals surface area contributed by atoms with E-state index >= 15 is 0 Å². The number of alkyl halides is 3. The van der Waals surface area contributed by atoms with Crippen molar-refractivity contribution in [3.63, 3.8) is 0 Å². The van der Waals surface area contributed by atoms with Crippen LogP contribution in [0.25, 0.3) is 11.0 Å². The van der Waals surface area contributed by atoms with E-state index in [1.54, 1.807) is 36.1 Å². The van der Waals surface area contributed by atoms with E-state index in [4.69, 9.17) is 0 Å². The Morgan fingerprint density at radius 2 is 1.89 bits per heavy atom. The van der Waals surface area contributed by atoms with Crippen molar-refractivity contribution >= 4 is 40.1 Å². The number of halogens is 3. The number of amides is 1. The molecule has 2 aromatic heterocycles. The Balaban J connectivity index is 1.58. The van der Waals surface area contributed by atoms with Crippen LogP contribution in [0.2, 0.25) is 0 Å². The predicted molar refractivity (Wildman–Crippen MR) is 129 cm³/mol. The smallest absolute Gasteiger partial charge is 0.352 e. The van der Waals surface area contributed by atoms with Crippen molar-refractivity contribution in [2.75, 3.05) is 16.0 Å². The van der Waals surface area contributed by atoms with E-state index in [9.17, 15) is 18.0 Å². The zero-order chi connectivity index (χ0) is 25.3. The normalized spacial score (nSPS) is 11.7. The first-order valence-electron chi connectivity index (χ1n) is 10.8. The van der Waals surface area contributed by atoms with Crippen LogP contribution in [0.1, 0.15) is 35.3 Å². The highest BCUT2D eigenvalue weighted by atomic mass is 19.4. The summed E-state index contributed by atoms with van der Waals surface area (Å²) in [6, 6.07) is 9.62. The molecule has 0 aliphatic carbocycles. The number of aryl methyl sites for hydroxylation is 2. The van der Waals surface area contributed by atoms with Gasteiger partial charge >= 0.3 is 6.18 Å². The van der Waals surface area contributed by atoms with Gasteiger partial charge in [0.25, 0.3) is 5.91 Å². The number of fused-ring (bicyclic) bond motifs is 1. The number of hydrogen-bond donors (Lipinski definition) is 3. The number of anilines is 4. The molecule has 0 aliphatic rings. The van der Waals surface area contributed by atoms with E-state index < -0.39 is 17.6 Å². The lowest BCUT2D eigenvalue weighted by Gasteiger charge is -2.12. The quantitative estimate of drug-likeness (QED) is 0.335. The summed E-state index contributed by atoms with van der Waals surface area (Å²) in [6.45, 7) is 5.86. The molecule has 0 saturated heterocycles. The van der Waals surface area contributed by atoms with Crippen molar-refractivity contribution in [3.05, 3.63) is 65.4 Å². The van der Waals surface area contributed by atoms with Crippen molar-refractivity contribution in [2.45, 2.75) is 33.0 Å². The molecule has 4 rings (SSSR count). The second-order valence-electron chi connectivity index (χ2n) is 8.39. The summed E-state index contributed by atoms with van der Waals surface area (Å²) < 4.78 is 40.6. The summed E-state index contributed by atoms with van der Waals surface area (Å²) in [5.41, 5.74) is 1.62. The maximum absolute atomic E-state index is 13.0. The van der Waals surface area contributed by atoms with Gasteiger partial charge < -0.3 is 16.0 Å². The fraction of sp³-hybridized carbons (Fsp3) is 0.250. The molecule has 2 heterocycles. The lowest BCUT2D eigenvalue weighted by Crippen LogP contribution is -2.14. The van der Waals surface area contributed by atoms with Gasteiger partial charge in [-0.3, -0.25) is 4.79 Å². The molecule has 1 amide bonds. The first-order valence-corrected chi connectivity index (χ1v) is 10.8. The Morgan fingerprint density at radius 1 is 1.11 bits per heavy atom. The molecular formula is C24H24F3N7O. The molecule has 182 valence electrons. The monoisotopic (exact) mass is 483 g/mol. The number of rotatable bonds is 6. The topological polar surface area (TPSA) is 96.8 Å². The molecule has 35 heavy (non-hydrogen) atoms. The molecule has 0 saturated carbocycles. The zero-order valence-corrected chi connectivity index (χ0v) is 19.5. The molecule has 0 radical (unpaired) electrons. The van der Waals surface area contributed by atoms with Crippen molar-refractivity contribution in [2.24, 2.45) is 7.05 Å². The van der Waals surface area contributed by atoms with Crippen LogP contribution >= 0.6 is 0 Å². The van der Waals surface area contributed by atoms with Crippen LogP contribution in [0.5, 0.6) is 0 Å². The first-order chi connectivity index (χ1) is 16.5. The molecule has 0 bridgehead atoms. The van der Waals surface area contributed by atoms with Crippen LogP contribution in [-0.2, 0) is 13.2 Å². The van der Waals surface area contributed by atoms with Gasteiger partial charge in [0.05, 0.1) is 10.9 Å². The van der Waals surface area contributed by atoms with Crippen LogP contribution in [0.3, 0.4) is 0 Å². The summed E-state index contributed by atoms with van der Waals surface area (Å²) in [4.78, 5) is 21.5. The van der Waals surface area contributed by atoms with Crippen LogP contribution in [-0.4, -0.2) is 31.7 Å². The van der Waals surface area contributed by atoms with E-state index in [0.717, 1.165) is 17.7 Å². The third kappa shape index (κ3) is 5.34. The predicted octanol–water partition coefficient (Wildman–Crippen LogP) is 5.51. The van der Waals surface area contributed by atoms with E-state index in [-0.39, 0.29) is 11.6 Å². The molecule has 0 spiro atoms. The SMILES string of the molecule is Cc1ccc(NC(=O)c2cccc(C(F)(F)F)c2)cc1Nc1nn(C)c2nc(NC(C)C)ncc12. The minimum Gasteiger partial charge on any atom is -0.352 e. The minimum atomic E-state index is -4.53. The fourth-order valence-electron chi connectivity index (χ4n) is 3.46. The van der Waals surface area contributed by atoms with Crippen molar-refractivity contribution < 1.29 is 18.0 Å². The first kappa shape index (κ1) is 24.0. The molecule has 0 atom stereocenters. The Hall–Kier alpha value is -4.15. The van der Waals surface area contributed by atoms with Crippen LogP contribution < -0.4 is 16.0 Å². The molecule has 3 N–H and O–H groups in total. The summed E-state index contributed by atoms with van der Waals surface area (Å²) in [7, 11) is 1.78. The third-order valence-corrected chi connectivity index (χ3v) is 5.20. The van der Waals surface area contributed by atoms with Crippen molar-refractivity contribution in [1.29, 1.82) is 0 Å². The highest BCUT2D eigenvalue weighted by Gasteiger charge is 2.30. The van der Waals surface area contributed by atoms with E-state index in [1.165, 1.54) is 12.1 Å². The van der Waals surface area contributed by atoms with Crippen LogP contribution in [0.15, 0.2) is 48.7 Å². The summed E-state index contributed by atoms with van der Waals surface area (Å²) in [5.74, 6) is 0.383. The second kappa shape index (κ2) is 9.24. The molecule has 4 aromatic rings. The number of carbonyl (C=O) groups excluding carboxylic acids is 1. The van der Waals surface area contributed by atoms with Crippen molar-refractivity contribution in [1.82, 2.24) is 19.7 Å². The Bertz CT molecular complexity index is 1400. The molecule has 0 unspecified atom stereocenters. The molecule has 0 aliphatic heterocycles. The zero-order valence-electron chi connectivity index (χ0n) is 19.5. The minimum absolute atomic E-state index is 0.0893. The largest absolute Gasteiger partial charge is 0.416 e. The number of benzene rings is 2. The molecule has 8 nitrogen and oxygen atoms in total. The molecular weight excluding hydrogens is 459 g/mol.